The number of carboxylic acid groups (broad SMARTS) is 1. The molecule has 1 fully saturated rings. The van der Waals surface area contributed by atoms with Crippen molar-refractivity contribution in [2.24, 2.45) is 11.7 Å². The minimum atomic E-state index is -1.14. The van der Waals surface area contributed by atoms with Crippen molar-refractivity contribution in [2.75, 3.05) is 6.54 Å². The molecule has 176 valence electrons. The molecule has 3 amide bonds. The molecule has 0 aliphatic carbocycles. The molecule has 1 aliphatic heterocycles. The van der Waals surface area contributed by atoms with E-state index < -0.39 is 42.0 Å². The van der Waals surface area contributed by atoms with Crippen LogP contribution in [0.3, 0.4) is 0 Å². The van der Waals surface area contributed by atoms with Gasteiger partial charge in [-0.05, 0) is 37.7 Å². The van der Waals surface area contributed by atoms with Crippen molar-refractivity contribution in [3.05, 3.63) is 35.9 Å². The summed E-state index contributed by atoms with van der Waals surface area (Å²) in [6.45, 7) is 5.79. The molecule has 0 bridgehead atoms. The highest BCUT2D eigenvalue weighted by Crippen LogP contribution is 2.21. The zero-order valence-electron chi connectivity index (χ0n) is 18.9. The van der Waals surface area contributed by atoms with Crippen LogP contribution < -0.4 is 16.4 Å². The van der Waals surface area contributed by atoms with Crippen molar-refractivity contribution < 1.29 is 24.3 Å². The maximum atomic E-state index is 13.2. The van der Waals surface area contributed by atoms with E-state index in [4.69, 9.17) is 5.73 Å². The Kier molecular flexibility index (Phi) is 9.19. The summed E-state index contributed by atoms with van der Waals surface area (Å²) in [6.07, 6.45) is 1.61. The van der Waals surface area contributed by atoms with Crippen LogP contribution in [-0.2, 0) is 25.6 Å². The molecule has 1 aromatic rings. The molecule has 0 aromatic heterocycles. The molecule has 9 heteroatoms. The van der Waals surface area contributed by atoms with E-state index in [1.165, 1.54) is 11.8 Å². The molecule has 0 radical (unpaired) electrons. The summed E-state index contributed by atoms with van der Waals surface area (Å²) in [6, 6.07) is 5.60. The number of carboxylic acids is 1. The Hall–Kier alpha value is -2.94. The number of carbonyl (C=O) groups is 4. The summed E-state index contributed by atoms with van der Waals surface area (Å²) in [7, 11) is 0. The van der Waals surface area contributed by atoms with Gasteiger partial charge in [0.1, 0.15) is 18.1 Å². The second-order valence-electron chi connectivity index (χ2n) is 8.76. The van der Waals surface area contributed by atoms with Crippen molar-refractivity contribution in [3.63, 3.8) is 0 Å². The summed E-state index contributed by atoms with van der Waals surface area (Å²) in [5.74, 6) is -2.28. The molecule has 1 aliphatic rings. The van der Waals surface area contributed by atoms with Crippen LogP contribution in [0.4, 0.5) is 0 Å². The van der Waals surface area contributed by atoms with Gasteiger partial charge >= 0.3 is 5.97 Å². The third-order valence-electron chi connectivity index (χ3n) is 5.47. The quantitative estimate of drug-likeness (QED) is 0.416. The number of nitrogens with two attached hydrogens (primary N) is 1. The highest BCUT2D eigenvalue weighted by molar-refractivity contribution is 5.94. The van der Waals surface area contributed by atoms with Gasteiger partial charge in [-0.15, -0.1) is 0 Å². The van der Waals surface area contributed by atoms with Crippen LogP contribution in [0.5, 0.6) is 0 Å². The molecule has 9 nitrogen and oxygen atoms in total. The number of benzene rings is 1. The summed E-state index contributed by atoms with van der Waals surface area (Å²) >= 11 is 0. The Balaban J connectivity index is 2.12. The number of amides is 3. The number of nitrogens with zero attached hydrogens (tertiary/aromatic N) is 1. The number of nitrogens with one attached hydrogen (secondary N) is 2. The maximum absolute atomic E-state index is 13.2. The van der Waals surface area contributed by atoms with Gasteiger partial charge in [0.05, 0.1) is 6.04 Å². The van der Waals surface area contributed by atoms with Crippen LogP contribution in [0.25, 0.3) is 0 Å². The van der Waals surface area contributed by atoms with E-state index in [1.54, 1.807) is 24.3 Å². The number of likely N-dealkylation sites (tertiary alicyclic amines) is 1. The monoisotopic (exact) mass is 446 g/mol. The van der Waals surface area contributed by atoms with Gasteiger partial charge in [-0.3, -0.25) is 14.4 Å². The van der Waals surface area contributed by atoms with Crippen molar-refractivity contribution in [1.82, 2.24) is 15.5 Å². The van der Waals surface area contributed by atoms with Crippen LogP contribution in [-0.4, -0.2) is 64.4 Å². The zero-order chi connectivity index (χ0) is 23.8. The molecule has 1 saturated heterocycles. The van der Waals surface area contributed by atoms with E-state index in [0.717, 1.165) is 5.56 Å². The second kappa shape index (κ2) is 11.6. The average Bonchev–Trinajstić information content (AvgIpc) is 3.22. The minimum Gasteiger partial charge on any atom is -0.480 e. The Bertz CT molecular complexity index is 812. The van der Waals surface area contributed by atoms with Crippen LogP contribution in [0.15, 0.2) is 30.3 Å². The average molecular weight is 447 g/mol. The van der Waals surface area contributed by atoms with Gasteiger partial charge in [0.25, 0.3) is 0 Å². The summed E-state index contributed by atoms with van der Waals surface area (Å²) in [4.78, 5) is 51.5. The molecule has 0 saturated carbocycles. The molecule has 0 unspecified atom stereocenters. The SMILES string of the molecule is CC(C)C[C@H](NC(=O)[C@H](C)N)C(=O)N1CCC[C@H]1C(=O)N[C@@H](Cc1ccccc1)C(=O)O. The Morgan fingerprint density at radius 2 is 1.75 bits per heavy atom. The number of carbonyl (C=O) groups excluding carboxylic acids is 3. The van der Waals surface area contributed by atoms with E-state index in [-0.39, 0.29) is 18.2 Å². The Morgan fingerprint density at radius 3 is 2.31 bits per heavy atom. The molecule has 4 atom stereocenters. The van der Waals surface area contributed by atoms with Crippen LogP contribution in [0, 0.1) is 5.92 Å². The largest absolute Gasteiger partial charge is 0.480 e. The predicted molar refractivity (Wildman–Crippen MR) is 119 cm³/mol. The Morgan fingerprint density at radius 1 is 1.09 bits per heavy atom. The molecule has 5 N–H and O–H groups in total. The lowest BCUT2D eigenvalue weighted by Crippen LogP contribution is -2.57. The molecule has 2 rings (SSSR count). The lowest BCUT2D eigenvalue weighted by Gasteiger charge is -2.30. The van der Waals surface area contributed by atoms with Crippen LogP contribution in [0.1, 0.15) is 45.6 Å². The van der Waals surface area contributed by atoms with Gasteiger partial charge in [-0.2, -0.15) is 0 Å². The second-order valence-corrected chi connectivity index (χ2v) is 8.76. The van der Waals surface area contributed by atoms with E-state index in [2.05, 4.69) is 10.6 Å². The molecule has 1 aromatic carbocycles. The first kappa shape index (κ1) is 25.3. The van der Waals surface area contributed by atoms with Gasteiger partial charge in [-0.1, -0.05) is 44.2 Å². The van der Waals surface area contributed by atoms with Crippen molar-refractivity contribution in [1.29, 1.82) is 0 Å². The standard InChI is InChI=1S/C23H34N4O5/c1-14(2)12-17(25-20(28)15(3)24)22(30)27-11-7-10-19(27)21(29)26-18(23(31)32)13-16-8-5-4-6-9-16/h4-6,8-9,14-15,17-19H,7,10-13,24H2,1-3H3,(H,25,28)(H,26,29)(H,31,32)/t15-,17-,18-,19-/m0/s1. The summed E-state index contributed by atoms with van der Waals surface area (Å²) in [5.41, 5.74) is 6.42. The lowest BCUT2D eigenvalue weighted by atomic mass is 10.0. The number of hydrogen-bond acceptors (Lipinski definition) is 5. The summed E-state index contributed by atoms with van der Waals surface area (Å²) < 4.78 is 0. The fourth-order valence-electron chi connectivity index (χ4n) is 3.82. The molecule has 32 heavy (non-hydrogen) atoms. The molecular weight excluding hydrogens is 412 g/mol. The minimum absolute atomic E-state index is 0.134. The van der Waals surface area contributed by atoms with Gasteiger partial charge in [0.2, 0.25) is 17.7 Å². The normalized spacial score (nSPS) is 18.7. The predicted octanol–water partition coefficient (Wildman–Crippen LogP) is 0.668. The number of aliphatic carboxylic acids is 1. The van der Waals surface area contributed by atoms with E-state index >= 15 is 0 Å². The van der Waals surface area contributed by atoms with Crippen molar-refractivity contribution >= 4 is 23.7 Å². The van der Waals surface area contributed by atoms with Crippen LogP contribution in [0.2, 0.25) is 0 Å². The van der Waals surface area contributed by atoms with Gasteiger partial charge in [0.15, 0.2) is 0 Å². The molecule has 0 spiro atoms. The topological polar surface area (TPSA) is 142 Å². The van der Waals surface area contributed by atoms with E-state index in [0.29, 0.717) is 25.8 Å². The molecule has 1 heterocycles. The van der Waals surface area contributed by atoms with Crippen molar-refractivity contribution in [2.45, 2.75) is 70.6 Å². The van der Waals surface area contributed by atoms with E-state index in [9.17, 15) is 24.3 Å². The van der Waals surface area contributed by atoms with Gasteiger partial charge in [0, 0.05) is 13.0 Å². The van der Waals surface area contributed by atoms with Crippen LogP contribution >= 0.6 is 0 Å². The fourth-order valence-corrected chi connectivity index (χ4v) is 3.82. The molecular formula is C23H34N4O5. The first-order valence-electron chi connectivity index (χ1n) is 11.0. The first-order valence-corrected chi connectivity index (χ1v) is 11.0. The summed E-state index contributed by atoms with van der Waals surface area (Å²) in [5, 5.41) is 14.9. The third kappa shape index (κ3) is 7.05. The lowest BCUT2D eigenvalue weighted by molar-refractivity contribution is -0.145. The highest BCUT2D eigenvalue weighted by Gasteiger charge is 2.39. The number of hydrogen-bond donors (Lipinski definition) is 4. The highest BCUT2D eigenvalue weighted by atomic mass is 16.4. The fraction of sp³-hybridized carbons (Fsp3) is 0.565. The number of rotatable bonds is 10. The third-order valence-corrected chi connectivity index (χ3v) is 5.47. The van der Waals surface area contributed by atoms with Crippen molar-refractivity contribution in [3.8, 4) is 0 Å². The van der Waals surface area contributed by atoms with E-state index in [1.807, 2.05) is 19.9 Å². The Labute approximate surface area is 188 Å². The maximum Gasteiger partial charge on any atom is 0.326 e. The zero-order valence-corrected chi connectivity index (χ0v) is 18.9. The smallest absolute Gasteiger partial charge is 0.326 e. The first-order chi connectivity index (χ1) is 15.1. The van der Waals surface area contributed by atoms with Gasteiger partial charge in [-0.25, -0.2) is 4.79 Å². The van der Waals surface area contributed by atoms with Gasteiger partial charge < -0.3 is 26.4 Å².